The van der Waals surface area contributed by atoms with Gasteiger partial charge in [-0.05, 0) is 30.5 Å². The van der Waals surface area contributed by atoms with Crippen LogP contribution in [0, 0.1) is 0 Å². The number of nitrogens with one attached hydrogen (secondary N) is 2. The van der Waals surface area contributed by atoms with E-state index in [4.69, 9.17) is 5.14 Å². The molecule has 0 radical (unpaired) electrons. The van der Waals surface area contributed by atoms with E-state index in [1.54, 1.807) is 12.1 Å². The molecule has 0 spiro atoms. The molecule has 0 aliphatic heterocycles. The monoisotopic (exact) mass is 383 g/mol. The Morgan fingerprint density at radius 3 is 2.64 bits per heavy atom. The highest BCUT2D eigenvalue weighted by Crippen LogP contribution is 2.12. The first-order valence-corrected chi connectivity index (χ1v) is 10.3. The molecule has 1 amide bonds. The van der Waals surface area contributed by atoms with Crippen molar-refractivity contribution in [1.29, 1.82) is 0 Å². The van der Waals surface area contributed by atoms with Crippen LogP contribution in [0.4, 0.5) is 0 Å². The fraction of sp³-hybridized carbons (Fsp3) is 0.400. The molecule has 4 N–H and O–H groups in total. The van der Waals surface area contributed by atoms with E-state index in [-0.39, 0.29) is 16.6 Å². The van der Waals surface area contributed by atoms with Gasteiger partial charge < -0.3 is 5.32 Å². The average Bonchev–Trinajstić information content (AvgIpc) is 3.01. The number of nitrogens with two attached hydrogens (primary N) is 1. The van der Waals surface area contributed by atoms with Crippen LogP contribution in [0.25, 0.3) is 0 Å². The van der Waals surface area contributed by atoms with Gasteiger partial charge in [-0.15, -0.1) is 5.10 Å². The number of hydrogen-bond acceptors (Lipinski definition) is 6. The predicted molar refractivity (Wildman–Crippen MR) is 95.6 cm³/mol. The molecule has 0 fully saturated rings. The predicted octanol–water partition coefficient (Wildman–Crippen LogP) is 0.856. The van der Waals surface area contributed by atoms with Gasteiger partial charge in [0.2, 0.25) is 21.1 Å². The van der Waals surface area contributed by atoms with Crippen LogP contribution in [0.15, 0.2) is 34.3 Å². The molecule has 10 heteroatoms. The van der Waals surface area contributed by atoms with Crippen LogP contribution in [-0.4, -0.2) is 41.8 Å². The molecular formula is C15H21N5O3S2. The highest BCUT2D eigenvalue weighted by Gasteiger charge is 2.08. The zero-order chi connectivity index (χ0) is 18.3. The summed E-state index contributed by atoms with van der Waals surface area (Å²) in [6.07, 6.45) is 2.42. The van der Waals surface area contributed by atoms with Crippen molar-refractivity contribution in [2.24, 2.45) is 5.14 Å². The highest BCUT2D eigenvalue weighted by molar-refractivity contribution is 7.99. The number of H-pyrrole nitrogens is 1. The van der Waals surface area contributed by atoms with Crippen LogP contribution in [0.5, 0.6) is 0 Å². The van der Waals surface area contributed by atoms with Crippen LogP contribution in [0.2, 0.25) is 0 Å². The normalized spacial score (nSPS) is 11.4. The van der Waals surface area contributed by atoms with Gasteiger partial charge in [-0.1, -0.05) is 30.8 Å². The second-order valence-electron chi connectivity index (χ2n) is 5.39. The van der Waals surface area contributed by atoms with E-state index in [1.165, 1.54) is 23.9 Å². The van der Waals surface area contributed by atoms with Crippen LogP contribution < -0.4 is 10.5 Å². The quantitative estimate of drug-likeness (QED) is 0.550. The van der Waals surface area contributed by atoms with Crippen molar-refractivity contribution in [2.45, 2.75) is 36.2 Å². The maximum absolute atomic E-state index is 11.8. The lowest BCUT2D eigenvalue weighted by atomic mass is 10.1. The number of sulfonamides is 1. The third-order valence-electron chi connectivity index (χ3n) is 3.32. The van der Waals surface area contributed by atoms with E-state index in [0.717, 1.165) is 24.2 Å². The summed E-state index contributed by atoms with van der Waals surface area (Å²) in [5.41, 5.74) is 0.915. The van der Waals surface area contributed by atoms with Gasteiger partial charge in [0.25, 0.3) is 0 Å². The van der Waals surface area contributed by atoms with E-state index in [2.05, 4.69) is 27.4 Å². The lowest BCUT2D eigenvalue weighted by molar-refractivity contribution is -0.118. The summed E-state index contributed by atoms with van der Waals surface area (Å²) in [6, 6.07) is 6.28. The molecule has 2 aromatic rings. The molecule has 0 saturated heterocycles. The van der Waals surface area contributed by atoms with Crippen molar-refractivity contribution in [3.8, 4) is 0 Å². The first kappa shape index (κ1) is 19.4. The van der Waals surface area contributed by atoms with Crippen LogP contribution in [0.1, 0.15) is 24.7 Å². The van der Waals surface area contributed by atoms with Crippen LogP contribution in [0.3, 0.4) is 0 Å². The molecule has 0 saturated carbocycles. The molecule has 1 aromatic heterocycles. The maximum atomic E-state index is 11.8. The van der Waals surface area contributed by atoms with Crippen molar-refractivity contribution in [3.63, 3.8) is 0 Å². The Kier molecular flexibility index (Phi) is 6.97. The Bertz CT molecular complexity index is 803. The van der Waals surface area contributed by atoms with Gasteiger partial charge in [-0.2, -0.15) is 0 Å². The van der Waals surface area contributed by atoms with Gasteiger partial charge in [-0.3, -0.25) is 9.89 Å². The second-order valence-corrected chi connectivity index (χ2v) is 7.90. The van der Waals surface area contributed by atoms with Crippen molar-refractivity contribution in [1.82, 2.24) is 20.5 Å². The van der Waals surface area contributed by atoms with Crippen LogP contribution >= 0.6 is 11.8 Å². The zero-order valence-corrected chi connectivity index (χ0v) is 15.5. The molecule has 1 heterocycles. The molecule has 25 heavy (non-hydrogen) atoms. The number of aromatic amines is 1. The largest absolute Gasteiger partial charge is 0.355 e. The number of aromatic nitrogens is 3. The summed E-state index contributed by atoms with van der Waals surface area (Å²) in [7, 11) is -3.68. The summed E-state index contributed by atoms with van der Waals surface area (Å²) in [4.78, 5) is 16.2. The van der Waals surface area contributed by atoms with Crippen LogP contribution in [-0.2, 0) is 27.7 Å². The van der Waals surface area contributed by atoms with E-state index < -0.39 is 10.0 Å². The summed E-state index contributed by atoms with van der Waals surface area (Å²) >= 11 is 1.28. The molecule has 136 valence electrons. The van der Waals surface area contributed by atoms with Crippen molar-refractivity contribution in [2.75, 3.05) is 12.3 Å². The lowest BCUT2D eigenvalue weighted by Crippen LogP contribution is -2.27. The Morgan fingerprint density at radius 2 is 2.00 bits per heavy atom. The third kappa shape index (κ3) is 6.48. The smallest absolute Gasteiger partial charge is 0.238 e. The van der Waals surface area contributed by atoms with Crippen molar-refractivity contribution in [3.05, 3.63) is 35.7 Å². The summed E-state index contributed by atoms with van der Waals surface area (Å²) < 4.78 is 22.4. The van der Waals surface area contributed by atoms with E-state index in [9.17, 15) is 13.2 Å². The number of nitrogens with zero attached hydrogens (tertiary/aromatic N) is 2. The van der Waals surface area contributed by atoms with Gasteiger partial charge >= 0.3 is 0 Å². The van der Waals surface area contributed by atoms with E-state index in [0.29, 0.717) is 18.1 Å². The van der Waals surface area contributed by atoms with E-state index in [1.807, 2.05) is 0 Å². The molecule has 0 bridgehead atoms. The van der Waals surface area contributed by atoms with Gasteiger partial charge in [0, 0.05) is 13.0 Å². The van der Waals surface area contributed by atoms with Gasteiger partial charge in [-0.25, -0.2) is 18.5 Å². The second kappa shape index (κ2) is 8.97. The molecule has 2 rings (SSSR count). The number of aryl methyl sites for hydroxylation is 1. The SMILES string of the molecule is CCCc1nc(SCC(=O)NCCc2ccc(S(N)(=O)=O)cc2)n[nH]1. The average molecular weight is 383 g/mol. The number of benzene rings is 1. The zero-order valence-electron chi connectivity index (χ0n) is 13.9. The van der Waals surface area contributed by atoms with Gasteiger partial charge in [0.15, 0.2) is 0 Å². The minimum absolute atomic E-state index is 0.0747. The Balaban J connectivity index is 1.71. The molecule has 0 aliphatic carbocycles. The number of thioether (sulfide) groups is 1. The molecular weight excluding hydrogens is 362 g/mol. The third-order valence-corrected chi connectivity index (χ3v) is 5.09. The van der Waals surface area contributed by atoms with E-state index >= 15 is 0 Å². The molecule has 0 unspecified atom stereocenters. The van der Waals surface area contributed by atoms with Crippen molar-refractivity contribution < 1.29 is 13.2 Å². The first-order chi connectivity index (χ1) is 11.9. The molecule has 0 atom stereocenters. The molecule has 1 aromatic carbocycles. The fourth-order valence-corrected chi connectivity index (χ4v) is 3.23. The first-order valence-electron chi connectivity index (χ1n) is 7.81. The number of primary sulfonamides is 1. The van der Waals surface area contributed by atoms with Gasteiger partial charge in [0.1, 0.15) is 5.82 Å². The number of hydrogen-bond donors (Lipinski definition) is 3. The summed E-state index contributed by atoms with van der Waals surface area (Å²) in [6.45, 7) is 2.52. The summed E-state index contributed by atoms with van der Waals surface area (Å²) in [5.74, 6) is 0.967. The van der Waals surface area contributed by atoms with Gasteiger partial charge in [0.05, 0.1) is 10.6 Å². The number of carbonyl (C=O) groups is 1. The number of carbonyl (C=O) groups excluding carboxylic acids is 1. The maximum Gasteiger partial charge on any atom is 0.238 e. The Morgan fingerprint density at radius 1 is 1.28 bits per heavy atom. The molecule has 0 aliphatic rings. The minimum atomic E-state index is -3.68. The number of amides is 1. The summed E-state index contributed by atoms with van der Waals surface area (Å²) in [5, 5.41) is 15.3. The topological polar surface area (TPSA) is 131 Å². The fourth-order valence-electron chi connectivity index (χ4n) is 2.06. The number of rotatable bonds is 9. The van der Waals surface area contributed by atoms with Crippen molar-refractivity contribution >= 4 is 27.7 Å². The Labute approximate surface area is 151 Å². The lowest BCUT2D eigenvalue weighted by Gasteiger charge is -2.05. The molecule has 8 nitrogen and oxygen atoms in total. The standard InChI is InChI=1S/C15H21N5O3S2/c1-2-3-13-18-15(20-19-13)24-10-14(21)17-9-8-11-4-6-12(7-5-11)25(16,22)23/h4-7H,2-3,8-10H2,1H3,(H,17,21)(H2,16,22,23)(H,18,19,20). The Hall–Kier alpha value is -1.91. The highest BCUT2D eigenvalue weighted by atomic mass is 32.2. The minimum Gasteiger partial charge on any atom is -0.355 e.